The number of imidazole rings is 1. The standard InChI is InChI=1S/C19H21N5O/c1-25-13-15-9-5-6-10-16(15)24-19(20)22-12-18-21-11-17(23-18)14-7-3-2-4-8-14/h2-11H,12-13H2,1H3,(H,21,23)(H3,20,22,24). The summed E-state index contributed by atoms with van der Waals surface area (Å²) in [6, 6.07) is 17.9. The number of nitrogens with one attached hydrogen (secondary N) is 2. The van der Waals surface area contributed by atoms with Crippen molar-refractivity contribution in [3.63, 3.8) is 0 Å². The SMILES string of the molecule is COCc1ccccc1NC(N)=NCc1ncc(-c2ccccc2)[nH]1. The van der Waals surface area contributed by atoms with Crippen molar-refractivity contribution in [2.45, 2.75) is 13.2 Å². The van der Waals surface area contributed by atoms with Gasteiger partial charge in [-0.2, -0.15) is 0 Å². The van der Waals surface area contributed by atoms with Crippen LogP contribution in [0.4, 0.5) is 5.69 Å². The molecular weight excluding hydrogens is 314 g/mol. The molecule has 4 N–H and O–H groups in total. The molecule has 0 spiro atoms. The number of benzene rings is 2. The number of rotatable bonds is 6. The minimum Gasteiger partial charge on any atom is -0.380 e. The average molecular weight is 335 g/mol. The monoisotopic (exact) mass is 335 g/mol. The highest BCUT2D eigenvalue weighted by molar-refractivity contribution is 5.92. The molecule has 2 aromatic carbocycles. The number of anilines is 1. The van der Waals surface area contributed by atoms with Crippen LogP contribution in [-0.4, -0.2) is 23.0 Å². The second-order valence-electron chi connectivity index (χ2n) is 5.53. The number of methoxy groups -OCH3 is 1. The summed E-state index contributed by atoms with van der Waals surface area (Å²) >= 11 is 0. The zero-order chi connectivity index (χ0) is 17.5. The van der Waals surface area contributed by atoms with Crippen LogP contribution in [0, 0.1) is 0 Å². The predicted octanol–water partition coefficient (Wildman–Crippen LogP) is 3.15. The van der Waals surface area contributed by atoms with E-state index in [1.165, 1.54) is 0 Å². The van der Waals surface area contributed by atoms with E-state index >= 15 is 0 Å². The number of nitrogens with two attached hydrogens (primary N) is 1. The number of guanidine groups is 1. The van der Waals surface area contributed by atoms with Crippen molar-refractivity contribution in [1.29, 1.82) is 0 Å². The van der Waals surface area contributed by atoms with Gasteiger partial charge in [-0.3, -0.25) is 0 Å². The van der Waals surface area contributed by atoms with Crippen LogP contribution >= 0.6 is 0 Å². The molecule has 6 nitrogen and oxygen atoms in total. The van der Waals surface area contributed by atoms with E-state index in [1.807, 2.05) is 54.6 Å². The maximum Gasteiger partial charge on any atom is 0.193 e. The lowest BCUT2D eigenvalue weighted by molar-refractivity contribution is 0.185. The van der Waals surface area contributed by atoms with Gasteiger partial charge in [0.1, 0.15) is 12.4 Å². The van der Waals surface area contributed by atoms with Gasteiger partial charge in [-0.15, -0.1) is 0 Å². The Morgan fingerprint density at radius 1 is 1.16 bits per heavy atom. The van der Waals surface area contributed by atoms with Crippen LogP contribution < -0.4 is 11.1 Å². The molecule has 128 valence electrons. The molecule has 0 fully saturated rings. The lowest BCUT2D eigenvalue weighted by Crippen LogP contribution is -2.23. The minimum absolute atomic E-state index is 0.334. The molecule has 6 heteroatoms. The summed E-state index contributed by atoms with van der Waals surface area (Å²) in [4.78, 5) is 12.0. The van der Waals surface area contributed by atoms with Gasteiger partial charge >= 0.3 is 0 Å². The van der Waals surface area contributed by atoms with E-state index in [0.29, 0.717) is 19.1 Å². The van der Waals surface area contributed by atoms with Crippen LogP contribution in [-0.2, 0) is 17.9 Å². The molecule has 0 amide bonds. The molecule has 0 saturated heterocycles. The summed E-state index contributed by atoms with van der Waals surface area (Å²) in [6.07, 6.45) is 1.80. The fourth-order valence-corrected chi connectivity index (χ4v) is 2.47. The lowest BCUT2D eigenvalue weighted by Gasteiger charge is -2.10. The van der Waals surface area contributed by atoms with E-state index in [-0.39, 0.29) is 0 Å². The van der Waals surface area contributed by atoms with Crippen molar-refractivity contribution in [3.05, 3.63) is 72.2 Å². The highest BCUT2D eigenvalue weighted by Gasteiger charge is 2.04. The number of aliphatic imine (C=N–C) groups is 1. The Labute approximate surface area is 146 Å². The Morgan fingerprint density at radius 3 is 2.72 bits per heavy atom. The van der Waals surface area contributed by atoms with Crippen molar-refractivity contribution in [3.8, 4) is 11.3 Å². The largest absolute Gasteiger partial charge is 0.380 e. The molecule has 0 atom stereocenters. The normalized spacial score (nSPS) is 11.5. The third-order valence-electron chi connectivity index (χ3n) is 3.69. The van der Waals surface area contributed by atoms with Gasteiger partial charge < -0.3 is 20.8 Å². The first kappa shape index (κ1) is 16.7. The van der Waals surface area contributed by atoms with Gasteiger partial charge in [-0.1, -0.05) is 48.5 Å². The first-order valence-electron chi connectivity index (χ1n) is 7.99. The topological polar surface area (TPSA) is 88.3 Å². The molecule has 25 heavy (non-hydrogen) atoms. The zero-order valence-electron chi connectivity index (χ0n) is 14.1. The summed E-state index contributed by atoms with van der Waals surface area (Å²) < 4.78 is 5.19. The number of aromatic amines is 1. The van der Waals surface area contributed by atoms with E-state index in [9.17, 15) is 0 Å². The van der Waals surface area contributed by atoms with E-state index in [0.717, 1.165) is 28.3 Å². The molecule has 3 aromatic rings. The van der Waals surface area contributed by atoms with Crippen molar-refractivity contribution < 1.29 is 4.74 Å². The number of aromatic nitrogens is 2. The third-order valence-corrected chi connectivity index (χ3v) is 3.69. The zero-order valence-corrected chi connectivity index (χ0v) is 14.1. The van der Waals surface area contributed by atoms with E-state index < -0.39 is 0 Å². The van der Waals surface area contributed by atoms with E-state index in [2.05, 4.69) is 20.3 Å². The Bertz CT molecular complexity index is 842. The van der Waals surface area contributed by atoms with E-state index in [1.54, 1.807) is 13.3 Å². The van der Waals surface area contributed by atoms with Crippen LogP contribution in [0.2, 0.25) is 0 Å². The number of hydrogen-bond donors (Lipinski definition) is 3. The number of para-hydroxylation sites is 1. The predicted molar refractivity (Wildman–Crippen MR) is 100 cm³/mol. The first-order valence-corrected chi connectivity index (χ1v) is 7.99. The molecular formula is C19H21N5O. The smallest absolute Gasteiger partial charge is 0.193 e. The second-order valence-corrected chi connectivity index (χ2v) is 5.53. The fourth-order valence-electron chi connectivity index (χ4n) is 2.47. The number of ether oxygens (including phenoxy) is 1. The summed E-state index contributed by atoms with van der Waals surface area (Å²) in [7, 11) is 1.66. The van der Waals surface area contributed by atoms with Gasteiger partial charge in [-0.05, 0) is 11.6 Å². The molecule has 0 aliphatic heterocycles. The molecule has 1 heterocycles. The summed E-state index contributed by atoms with van der Waals surface area (Å²) in [5.41, 5.74) is 9.95. The molecule has 0 aliphatic carbocycles. The molecule has 0 radical (unpaired) electrons. The molecule has 0 saturated carbocycles. The molecule has 1 aromatic heterocycles. The van der Waals surface area contributed by atoms with Crippen LogP contribution in [0.5, 0.6) is 0 Å². The molecule has 3 rings (SSSR count). The maximum absolute atomic E-state index is 5.99. The lowest BCUT2D eigenvalue weighted by atomic mass is 10.2. The van der Waals surface area contributed by atoms with Gasteiger partial charge in [0.25, 0.3) is 0 Å². The molecule has 0 aliphatic rings. The quantitative estimate of drug-likeness (QED) is 0.477. The summed E-state index contributed by atoms with van der Waals surface area (Å²) in [5, 5.41) is 3.11. The van der Waals surface area contributed by atoms with E-state index in [4.69, 9.17) is 10.5 Å². The van der Waals surface area contributed by atoms with Crippen LogP contribution in [0.3, 0.4) is 0 Å². The van der Waals surface area contributed by atoms with Crippen LogP contribution in [0.25, 0.3) is 11.3 Å². The Morgan fingerprint density at radius 2 is 1.92 bits per heavy atom. The highest BCUT2D eigenvalue weighted by atomic mass is 16.5. The average Bonchev–Trinajstić information content (AvgIpc) is 3.12. The van der Waals surface area contributed by atoms with Crippen molar-refractivity contribution in [1.82, 2.24) is 9.97 Å². The third kappa shape index (κ3) is 4.45. The van der Waals surface area contributed by atoms with Gasteiger partial charge in [0.2, 0.25) is 0 Å². The number of H-pyrrole nitrogens is 1. The van der Waals surface area contributed by atoms with Gasteiger partial charge in [-0.25, -0.2) is 9.98 Å². The Hall–Kier alpha value is -3.12. The van der Waals surface area contributed by atoms with Crippen molar-refractivity contribution in [2.75, 3.05) is 12.4 Å². The molecule has 0 unspecified atom stereocenters. The van der Waals surface area contributed by atoms with Gasteiger partial charge in [0, 0.05) is 18.4 Å². The minimum atomic E-state index is 0.334. The maximum atomic E-state index is 5.99. The fraction of sp³-hybridized carbons (Fsp3) is 0.158. The van der Waals surface area contributed by atoms with Crippen molar-refractivity contribution in [2.24, 2.45) is 10.7 Å². The second kappa shape index (κ2) is 8.12. The number of hydrogen-bond acceptors (Lipinski definition) is 3. The highest BCUT2D eigenvalue weighted by Crippen LogP contribution is 2.17. The van der Waals surface area contributed by atoms with Gasteiger partial charge in [0.05, 0.1) is 18.5 Å². The van der Waals surface area contributed by atoms with Crippen LogP contribution in [0.15, 0.2) is 65.8 Å². The number of nitrogens with zero attached hydrogens (tertiary/aromatic N) is 2. The van der Waals surface area contributed by atoms with Crippen molar-refractivity contribution >= 4 is 11.6 Å². The summed E-state index contributed by atoms with van der Waals surface area (Å²) in [5.74, 6) is 1.09. The molecule has 0 bridgehead atoms. The van der Waals surface area contributed by atoms with Crippen LogP contribution in [0.1, 0.15) is 11.4 Å². The van der Waals surface area contributed by atoms with Gasteiger partial charge in [0.15, 0.2) is 5.96 Å². The first-order chi connectivity index (χ1) is 12.3. The summed E-state index contributed by atoms with van der Waals surface area (Å²) in [6.45, 7) is 0.882. The Kier molecular flexibility index (Phi) is 5.43. The Balaban J connectivity index is 1.65.